The van der Waals surface area contributed by atoms with Gasteiger partial charge in [0.25, 0.3) is 10.0 Å². The van der Waals surface area contributed by atoms with E-state index >= 15 is 0 Å². The Balaban J connectivity index is 2.28. The Kier molecular flexibility index (Phi) is 4.45. The van der Waals surface area contributed by atoms with Crippen molar-refractivity contribution in [3.8, 4) is 0 Å². The minimum absolute atomic E-state index is 0.00931. The van der Waals surface area contributed by atoms with Gasteiger partial charge in [0.2, 0.25) is 10.9 Å². The lowest BCUT2D eigenvalue weighted by atomic mass is 9.99. The van der Waals surface area contributed by atoms with E-state index in [1.807, 2.05) is 0 Å². The highest BCUT2D eigenvalue weighted by molar-refractivity contribution is 9.10. The summed E-state index contributed by atoms with van der Waals surface area (Å²) >= 11 is 3.10. The monoisotopic (exact) mass is 365 g/mol. The van der Waals surface area contributed by atoms with Crippen molar-refractivity contribution in [2.45, 2.75) is 17.9 Å². The van der Waals surface area contributed by atoms with Crippen LogP contribution in [0.2, 0.25) is 0 Å². The molecule has 0 saturated carbocycles. The van der Waals surface area contributed by atoms with Crippen LogP contribution in [0.5, 0.6) is 0 Å². The third-order valence-electron chi connectivity index (χ3n) is 3.32. The average Bonchev–Trinajstić information content (AvgIpc) is 2.78. The van der Waals surface area contributed by atoms with Gasteiger partial charge in [-0.1, -0.05) is 5.21 Å². The van der Waals surface area contributed by atoms with Gasteiger partial charge in [0, 0.05) is 27.2 Å². The number of halogens is 1. The number of sulfonamides is 1. The summed E-state index contributed by atoms with van der Waals surface area (Å²) in [7, 11) is -0.639. The molecule has 1 aromatic heterocycles. The molecule has 0 aliphatic carbocycles. The molecule has 1 aliphatic heterocycles. The zero-order chi connectivity index (χ0) is 14.9. The van der Waals surface area contributed by atoms with Gasteiger partial charge < -0.3 is 5.32 Å². The molecule has 2 heterocycles. The normalized spacial score (nSPS) is 20.9. The molecule has 0 aromatic carbocycles. The van der Waals surface area contributed by atoms with Gasteiger partial charge in [-0.2, -0.15) is 4.31 Å². The number of carbonyl (C=O) groups is 1. The maximum Gasteiger partial charge on any atom is 0.263 e. The van der Waals surface area contributed by atoms with Crippen LogP contribution >= 0.6 is 15.9 Å². The van der Waals surface area contributed by atoms with Crippen LogP contribution in [0.25, 0.3) is 0 Å². The Labute approximate surface area is 125 Å². The van der Waals surface area contributed by atoms with Crippen molar-refractivity contribution in [2.75, 3.05) is 20.1 Å². The van der Waals surface area contributed by atoms with Crippen molar-refractivity contribution in [3.05, 3.63) is 4.60 Å². The predicted octanol–water partition coefficient (Wildman–Crippen LogP) is -0.276. The quantitative estimate of drug-likeness (QED) is 0.794. The molecule has 1 amide bonds. The highest BCUT2D eigenvalue weighted by Gasteiger charge is 2.36. The van der Waals surface area contributed by atoms with Crippen LogP contribution in [0, 0.1) is 5.92 Å². The van der Waals surface area contributed by atoms with Crippen LogP contribution < -0.4 is 5.32 Å². The molecule has 1 aromatic rings. The zero-order valence-electron chi connectivity index (χ0n) is 11.2. The molecule has 8 nitrogen and oxygen atoms in total. The molecule has 2 rings (SSSR count). The second-order valence-electron chi connectivity index (χ2n) is 4.63. The second-order valence-corrected chi connectivity index (χ2v) is 7.23. The number of piperidine rings is 1. The Bertz CT molecular complexity index is 595. The summed E-state index contributed by atoms with van der Waals surface area (Å²) in [4.78, 5) is 11.7. The predicted molar refractivity (Wildman–Crippen MR) is 74.3 cm³/mol. The first-order valence-electron chi connectivity index (χ1n) is 6.15. The van der Waals surface area contributed by atoms with Crippen molar-refractivity contribution < 1.29 is 13.2 Å². The van der Waals surface area contributed by atoms with Crippen LogP contribution in [-0.2, 0) is 21.9 Å². The summed E-state index contributed by atoms with van der Waals surface area (Å²) in [5.74, 6) is -0.449. The molecule has 1 fully saturated rings. The highest BCUT2D eigenvalue weighted by Crippen LogP contribution is 2.26. The molecule has 112 valence electrons. The van der Waals surface area contributed by atoms with Crippen LogP contribution in [0.3, 0.4) is 0 Å². The van der Waals surface area contributed by atoms with E-state index in [9.17, 15) is 13.2 Å². The summed E-state index contributed by atoms with van der Waals surface area (Å²) in [6, 6.07) is 0. The maximum absolute atomic E-state index is 12.6. The van der Waals surface area contributed by atoms with Gasteiger partial charge in [0.1, 0.15) is 0 Å². The van der Waals surface area contributed by atoms with Crippen molar-refractivity contribution >= 4 is 31.9 Å². The molecule has 20 heavy (non-hydrogen) atoms. The van der Waals surface area contributed by atoms with Crippen molar-refractivity contribution in [1.82, 2.24) is 24.6 Å². The highest BCUT2D eigenvalue weighted by atomic mass is 79.9. The van der Waals surface area contributed by atoms with E-state index in [4.69, 9.17) is 0 Å². The summed E-state index contributed by atoms with van der Waals surface area (Å²) < 4.78 is 27.9. The van der Waals surface area contributed by atoms with Crippen LogP contribution in [-0.4, -0.2) is 53.8 Å². The number of hydrogen-bond acceptors (Lipinski definition) is 5. The summed E-state index contributed by atoms with van der Waals surface area (Å²) in [6.07, 6.45) is 1.34. The van der Waals surface area contributed by atoms with Gasteiger partial charge in [-0.05, 0) is 28.8 Å². The SMILES string of the molecule is CNC(=O)C1CCCN(S(=O)(=O)c2c(Br)nnn2C)C1. The summed E-state index contributed by atoms with van der Waals surface area (Å²) in [5, 5.41) is 9.95. The maximum atomic E-state index is 12.6. The number of carbonyl (C=O) groups excluding carboxylic acids is 1. The van der Waals surface area contributed by atoms with Crippen molar-refractivity contribution in [3.63, 3.8) is 0 Å². The Hall–Kier alpha value is -1.00. The lowest BCUT2D eigenvalue weighted by Crippen LogP contribution is -2.45. The third kappa shape index (κ3) is 2.72. The van der Waals surface area contributed by atoms with Gasteiger partial charge >= 0.3 is 0 Å². The molecule has 1 unspecified atom stereocenters. The summed E-state index contributed by atoms with van der Waals surface area (Å²) in [6.45, 7) is 0.576. The minimum atomic E-state index is -3.71. The van der Waals surface area contributed by atoms with E-state index in [0.29, 0.717) is 19.4 Å². The van der Waals surface area contributed by atoms with E-state index in [1.54, 1.807) is 7.05 Å². The minimum Gasteiger partial charge on any atom is -0.359 e. The Morgan fingerprint density at radius 1 is 1.50 bits per heavy atom. The first-order valence-corrected chi connectivity index (χ1v) is 8.38. The molecule has 1 saturated heterocycles. The first kappa shape index (κ1) is 15.4. The fourth-order valence-electron chi connectivity index (χ4n) is 2.30. The fraction of sp³-hybridized carbons (Fsp3) is 0.700. The van der Waals surface area contributed by atoms with E-state index in [0.717, 1.165) is 0 Å². The smallest absolute Gasteiger partial charge is 0.263 e. The number of rotatable bonds is 3. The van der Waals surface area contributed by atoms with E-state index < -0.39 is 10.0 Å². The van der Waals surface area contributed by atoms with E-state index in [1.165, 1.54) is 16.0 Å². The molecule has 10 heteroatoms. The topological polar surface area (TPSA) is 97.2 Å². The number of aryl methyl sites for hydroxylation is 1. The molecular weight excluding hydrogens is 350 g/mol. The third-order valence-corrected chi connectivity index (χ3v) is 6.08. The number of aromatic nitrogens is 3. The second kappa shape index (κ2) is 5.78. The lowest BCUT2D eigenvalue weighted by Gasteiger charge is -2.30. The molecule has 1 aliphatic rings. The Morgan fingerprint density at radius 3 is 2.75 bits per heavy atom. The van der Waals surface area contributed by atoms with Crippen LogP contribution in [0.15, 0.2) is 9.63 Å². The van der Waals surface area contributed by atoms with Gasteiger partial charge in [0.05, 0.1) is 5.92 Å². The number of hydrogen-bond donors (Lipinski definition) is 1. The van der Waals surface area contributed by atoms with Crippen LogP contribution in [0.1, 0.15) is 12.8 Å². The first-order chi connectivity index (χ1) is 9.37. The largest absolute Gasteiger partial charge is 0.359 e. The Morgan fingerprint density at radius 2 is 2.20 bits per heavy atom. The van der Waals surface area contributed by atoms with Crippen LogP contribution in [0.4, 0.5) is 0 Å². The van der Waals surface area contributed by atoms with Gasteiger partial charge in [0.15, 0.2) is 4.60 Å². The fourth-order valence-corrected chi connectivity index (χ4v) is 4.85. The molecule has 1 N–H and O–H groups in total. The average molecular weight is 366 g/mol. The van der Waals surface area contributed by atoms with Gasteiger partial charge in [-0.25, -0.2) is 13.1 Å². The molecular formula is C10H16BrN5O3S. The lowest BCUT2D eigenvalue weighted by molar-refractivity contribution is -0.125. The van der Waals surface area contributed by atoms with E-state index in [-0.39, 0.29) is 28.0 Å². The summed E-state index contributed by atoms with van der Waals surface area (Å²) in [5.41, 5.74) is 0. The molecule has 0 radical (unpaired) electrons. The number of amides is 1. The molecule has 0 spiro atoms. The van der Waals surface area contributed by atoms with E-state index in [2.05, 4.69) is 31.6 Å². The zero-order valence-corrected chi connectivity index (χ0v) is 13.6. The van der Waals surface area contributed by atoms with Crippen molar-refractivity contribution in [2.24, 2.45) is 13.0 Å². The molecule has 0 bridgehead atoms. The number of nitrogens with one attached hydrogen (secondary N) is 1. The standard InChI is InChI=1S/C10H16BrN5O3S/c1-12-9(17)7-4-3-5-16(6-7)20(18,19)10-8(11)13-14-15(10)2/h7H,3-6H2,1-2H3,(H,12,17). The van der Waals surface area contributed by atoms with Crippen molar-refractivity contribution in [1.29, 1.82) is 0 Å². The number of nitrogens with zero attached hydrogens (tertiary/aromatic N) is 4. The molecule has 1 atom stereocenters. The van der Waals surface area contributed by atoms with Gasteiger partial charge in [-0.3, -0.25) is 4.79 Å². The van der Waals surface area contributed by atoms with Gasteiger partial charge in [-0.15, -0.1) is 5.10 Å².